The van der Waals surface area contributed by atoms with E-state index in [1.807, 2.05) is 0 Å². The predicted molar refractivity (Wildman–Crippen MR) is 69.1 cm³/mol. The van der Waals surface area contributed by atoms with Gasteiger partial charge in [-0.25, -0.2) is 0 Å². The Hall–Kier alpha value is -0.900. The quantitative estimate of drug-likeness (QED) is 0.758. The molecule has 0 aliphatic heterocycles. The molecule has 1 aromatic rings. The molecule has 0 fully saturated rings. The van der Waals surface area contributed by atoms with Crippen LogP contribution in [0.4, 0.5) is 0 Å². The Balaban J connectivity index is 2.36. The van der Waals surface area contributed by atoms with Crippen LogP contribution in [0.2, 0.25) is 0 Å². The zero-order chi connectivity index (χ0) is 12.7. The van der Waals surface area contributed by atoms with Gasteiger partial charge in [0.05, 0.1) is 0 Å². The van der Waals surface area contributed by atoms with Crippen molar-refractivity contribution in [3.05, 3.63) is 11.8 Å². The second kappa shape index (κ2) is 7.43. The van der Waals surface area contributed by atoms with E-state index in [1.54, 1.807) is 0 Å². The summed E-state index contributed by atoms with van der Waals surface area (Å²) in [6.07, 6.45) is 4.37. The van der Waals surface area contributed by atoms with E-state index in [0.29, 0.717) is 12.0 Å². The van der Waals surface area contributed by atoms with Crippen molar-refractivity contribution in [2.24, 2.45) is 0 Å². The first kappa shape index (κ1) is 14.2. The van der Waals surface area contributed by atoms with Crippen molar-refractivity contribution in [3.8, 4) is 0 Å². The van der Waals surface area contributed by atoms with Crippen molar-refractivity contribution in [3.63, 3.8) is 0 Å². The minimum Gasteiger partial charge on any atom is -0.425 e. The molecular weight excluding hydrogens is 214 g/mol. The lowest BCUT2D eigenvalue weighted by molar-refractivity contribution is 0.405. The van der Waals surface area contributed by atoms with Crippen LogP contribution in [0, 0.1) is 0 Å². The monoisotopic (exact) mass is 239 g/mol. The minimum absolute atomic E-state index is 0.384. The maximum atomic E-state index is 5.66. The van der Waals surface area contributed by atoms with Crippen LogP contribution in [0.1, 0.15) is 64.7 Å². The highest BCUT2D eigenvalue weighted by Gasteiger charge is 2.13. The largest absolute Gasteiger partial charge is 0.425 e. The first-order valence-electron chi connectivity index (χ1n) is 6.69. The van der Waals surface area contributed by atoms with Crippen LogP contribution in [0.5, 0.6) is 0 Å². The van der Waals surface area contributed by atoms with Crippen LogP contribution in [0.25, 0.3) is 0 Å². The first-order valence-corrected chi connectivity index (χ1v) is 6.69. The van der Waals surface area contributed by atoms with Gasteiger partial charge in [0.15, 0.2) is 0 Å². The molecule has 0 radical (unpaired) electrons. The third kappa shape index (κ3) is 5.31. The van der Waals surface area contributed by atoms with Crippen molar-refractivity contribution in [1.82, 2.24) is 15.5 Å². The van der Waals surface area contributed by atoms with Crippen LogP contribution < -0.4 is 5.32 Å². The average molecular weight is 239 g/mol. The lowest BCUT2D eigenvalue weighted by Gasteiger charge is -2.05. The lowest BCUT2D eigenvalue weighted by atomic mass is 10.1. The predicted octanol–water partition coefficient (Wildman–Crippen LogP) is 2.90. The number of hydrogen-bond acceptors (Lipinski definition) is 4. The second-order valence-electron chi connectivity index (χ2n) is 4.94. The summed E-state index contributed by atoms with van der Waals surface area (Å²) in [4.78, 5) is 0. The molecule has 1 rings (SSSR count). The van der Waals surface area contributed by atoms with E-state index < -0.39 is 0 Å². The molecule has 0 aromatic carbocycles. The molecule has 4 heteroatoms. The summed E-state index contributed by atoms with van der Waals surface area (Å²) in [6, 6.07) is 0.501. The molecule has 0 saturated heterocycles. The highest BCUT2D eigenvalue weighted by Crippen LogP contribution is 2.19. The fourth-order valence-corrected chi connectivity index (χ4v) is 1.67. The van der Waals surface area contributed by atoms with Crippen molar-refractivity contribution in [1.29, 1.82) is 0 Å². The van der Waals surface area contributed by atoms with Gasteiger partial charge in [-0.05, 0) is 6.42 Å². The summed E-state index contributed by atoms with van der Waals surface area (Å²) in [5, 5.41) is 11.5. The molecule has 1 N–H and O–H groups in total. The molecule has 4 nitrogen and oxygen atoms in total. The van der Waals surface area contributed by atoms with Gasteiger partial charge in [0.1, 0.15) is 0 Å². The zero-order valence-corrected chi connectivity index (χ0v) is 11.5. The summed E-state index contributed by atoms with van der Waals surface area (Å²) in [7, 11) is 0. The van der Waals surface area contributed by atoms with Gasteiger partial charge in [-0.1, -0.05) is 40.5 Å². The smallest absolute Gasteiger partial charge is 0.219 e. The third-order valence-corrected chi connectivity index (χ3v) is 2.79. The number of nitrogens with zero attached hydrogens (tertiary/aromatic N) is 2. The van der Waals surface area contributed by atoms with Gasteiger partial charge in [-0.2, -0.15) is 0 Å². The van der Waals surface area contributed by atoms with Gasteiger partial charge in [0.2, 0.25) is 11.8 Å². The lowest BCUT2D eigenvalue weighted by Crippen LogP contribution is -2.25. The molecule has 0 spiro atoms. The van der Waals surface area contributed by atoms with Crippen molar-refractivity contribution < 1.29 is 4.42 Å². The highest BCUT2D eigenvalue weighted by atomic mass is 16.4. The molecule has 1 atom stereocenters. The molecule has 0 amide bonds. The Morgan fingerprint density at radius 1 is 1.24 bits per heavy atom. The summed E-state index contributed by atoms with van der Waals surface area (Å²) in [6.45, 7) is 9.50. The molecule has 98 valence electrons. The molecule has 0 aliphatic carbocycles. The van der Waals surface area contributed by atoms with Crippen LogP contribution in [0.3, 0.4) is 0 Å². The maximum Gasteiger partial charge on any atom is 0.219 e. The number of hydrogen-bond donors (Lipinski definition) is 1. The standard InChI is InChI=1S/C13H25N3O/c1-5-6-7-11(4)13-16-15-12(17-13)8-9-14-10(2)3/h10-11,14H,5-9H2,1-4H3. The van der Waals surface area contributed by atoms with Gasteiger partial charge < -0.3 is 9.73 Å². The molecule has 0 saturated carbocycles. The Morgan fingerprint density at radius 3 is 2.65 bits per heavy atom. The molecule has 17 heavy (non-hydrogen) atoms. The minimum atomic E-state index is 0.384. The summed E-state index contributed by atoms with van der Waals surface area (Å²) < 4.78 is 5.66. The van der Waals surface area contributed by atoms with Crippen molar-refractivity contribution in [2.45, 2.75) is 65.3 Å². The van der Waals surface area contributed by atoms with E-state index in [0.717, 1.165) is 31.2 Å². The topological polar surface area (TPSA) is 51.0 Å². The van der Waals surface area contributed by atoms with E-state index >= 15 is 0 Å². The van der Waals surface area contributed by atoms with E-state index in [-0.39, 0.29) is 0 Å². The zero-order valence-electron chi connectivity index (χ0n) is 11.5. The van der Waals surface area contributed by atoms with E-state index in [1.165, 1.54) is 12.8 Å². The van der Waals surface area contributed by atoms with Gasteiger partial charge in [0, 0.05) is 24.9 Å². The molecule has 0 aliphatic rings. The SMILES string of the molecule is CCCCC(C)c1nnc(CCNC(C)C)o1. The van der Waals surface area contributed by atoms with Crippen LogP contribution in [-0.4, -0.2) is 22.8 Å². The highest BCUT2D eigenvalue weighted by molar-refractivity contribution is 4.89. The van der Waals surface area contributed by atoms with Gasteiger partial charge in [-0.15, -0.1) is 10.2 Å². The van der Waals surface area contributed by atoms with E-state index in [4.69, 9.17) is 4.42 Å². The van der Waals surface area contributed by atoms with Gasteiger partial charge in [-0.3, -0.25) is 0 Å². The third-order valence-electron chi connectivity index (χ3n) is 2.79. The Morgan fingerprint density at radius 2 is 2.00 bits per heavy atom. The maximum absolute atomic E-state index is 5.66. The number of rotatable bonds is 8. The van der Waals surface area contributed by atoms with Crippen molar-refractivity contribution in [2.75, 3.05) is 6.54 Å². The Kier molecular flexibility index (Phi) is 6.19. The summed E-state index contributed by atoms with van der Waals surface area (Å²) in [5.41, 5.74) is 0. The van der Waals surface area contributed by atoms with Crippen LogP contribution >= 0.6 is 0 Å². The van der Waals surface area contributed by atoms with Gasteiger partial charge in [0.25, 0.3) is 0 Å². The fraction of sp³-hybridized carbons (Fsp3) is 0.846. The van der Waals surface area contributed by atoms with Gasteiger partial charge >= 0.3 is 0 Å². The normalized spacial score (nSPS) is 13.2. The van der Waals surface area contributed by atoms with E-state index in [9.17, 15) is 0 Å². The number of nitrogens with one attached hydrogen (secondary N) is 1. The van der Waals surface area contributed by atoms with E-state index in [2.05, 4.69) is 43.2 Å². The molecule has 1 unspecified atom stereocenters. The van der Waals surface area contributed by atoms with Crippen molar-refractivity contribution >= 4 is 0 Å². The molecular formula is C13H25N3O. The fourth-order valence-electron chi connectivity index (χ4n) is 1.67. The molecule has 0 bridgehead atoms. The molecule has 1 aromatic heterocycles. The molecule has 1 heterocycles. The Bertz CT molecular complexity index is 309. The second-order valence-corrected chi connectivity index (χ2v) is 4.94. The van der Waals surface area contributed by atoms with Crippen LogP contribution in [-0.2, 0) is 6.42 Å². The number of unbranched alkanes of at least 4 members (excludes halogenated alkanes) is 1. The number of aromatic nitrogens is 2. The average Bonchev–Trinajstić information content (AvgIpc) is 2.74. The summed E-state index contributed by atoms with van der Waals surface area (Å²) >= 11 is 0. The first-order chi connectivity index (χ1) is 8.13. The summed E-state index contributed by atoms with van der Waals surface area (Å²) in [5.74, 6) is 1.92. The Labute approximate surface area is 104 Å². The van der Waals surface area contributed by atoms with Crippen LogP contribution in [0.15, 0.2) is 4.42 Å².